The van der Waals surface area contributed by atoms with E-state index >= 15 is 0 Å². The van der Waals surface area contributed by atoms with Crippen LogP contribution in [0, 0.1) is 0 Å². The minimum absolute atomic E-state index is 0.106. The predicted octanol–water partition coefficient (Wildman–Crippen LogP) is 1.49. The molecule has 0 spiro atoms. The average Bonchev–Trinajstić information content (AvgIpc) is 2.94. The molecular formula is C14H24N6O. The van der Waals surface area contributed by atoms with Gasteiger partial charge < -0.3 is 20.3 Å². The van der Waals surface area contributed by atoms with Crippen LogP contribution >= 0.6 is 0 Å². The summed E-state index contributed by atoms with van der Waals surface area (Å²) in [5.74, 6) is 2.00. The van der Waals surface area contributed by atoms with E-state index in [1.54, 1.807) is 0 Å². The minimum atomic E-state index is 0.106. The first-order chi connectivity index (χ1) is 10.2. The lowest BCUT2D eigenvalue weighted by molar-refractivity contribution is 0.122. The van der Waals surface area contributed by atoms with Crippen LogP contribution in [-0.2, 0) is 4.74 Å². The number of hydrogen-bond donors (Lipinski definition) is 2. The van der Waals surface area contributed by atoms with Gasteiger partial charge in [0, 0.05) is 25.7 Å². The van der Waals surface area contributed by atoms with Crippen molar-refractivity contribution >= 4 is 17.8 Å². The highest BCUT2D eigenvalue weighted by Gasteiger charge is 2.29. The molecule has 0 atom stereocenters. The van der Waals surface area contributed by atoms with Gasteiger partial charge in [0.05, 0.1) is 13.2 Å². The molecule has 1 saturated carbocycles. The molecule has 2 fully saturated rings. The Kier molecular flexibility index (Phi) is 4.10. The molecule has 7 heteroatoms. The Morgan fingerprint density at radius 1 is 1.05 bits per heavy atom. The minimum Gasteiger partial charge on any atom is -0.378 e. The van der Waals surface area contributed by atoms with Gasteiger partial charge in [-0.15, -0.1) is 0 Å². The van der Waals surface area contributed by atoms with E-state index in [2.05, 4.69) is 37.4 Å². The maximum Gasteiger partial charge on any atom is 0.232 e. The van der Waals surface area contributed by atoms with E-state index in [1.165, 1.54) is 25.7 Å². The highest BCUT2D eigenvalue weighted by molar-refractivity contribution is 5.45. The van der Waals surface area contributed by atoms with Crippen LogP contribution in [-0.4, -0.2) is 53.8 Å². The maximum absolute atomic E-state index is 5.39. The summed E-state index contributed by atoms with van der Waals surface area (Å²) in [4.78, 5) is 15.7. The molecule has 2 heterocycles. The molecular weight excluding hydrogens is 268 g/mol. The topological polar surface area (TPSA) is 75.2 Å². The first-order valence-electron chi connectivity index (χ1n) is 7.73. The zero-order valence-electron chi connectivity index (χ0n) is 12.9. The van der Waals surface area contributed by atoms with Crippen LogP contribution in [0.2, 0.25) is 0 Å². The van der Waals surface area contributed by atoms with E-state index < -0.39 is 0 Å². The summed E-state index contributed by atoms with van der Waals surface area (Å²) in [5, 5.41) is 6.54. The highest BCUT2D eigenvalue weighted by Crippen LogP contribution is 2.32. The van der Waals surface area contributed by atoms with Crippen molar-refractivity contribution in [2.45, 2.75) is 38.1 Å². The number of hydrogen-bond acceptors (Lipinski definition) is 7. The van der Waals surface area contributed by atoms with Crippen molar-refractivity contribution in [2.75, 3.05) is 48.9 Å². The fourth-order valence-corrected chi connectivity index (χ4v) is 2.99. The van der Waals surface area contributed by atoms with Gasteiger partial charge in [-0.05, 0) is 19.8 Å². The lowest BCUT2D eigenvalue weighted by atomic mass is 10.0. The van der Waals surface area contributed by atoms with Crippen molar-refractivity contribution in [3.8, 4) is 0 Å². The van der Waals surface area contributed by atoms with Gasteiger partial charge in [-0.1, -0.05) is 12.8 Å². The van der Waals surface area contributed by atoms with Gasteiger partial charge in [0.2, 0.25) is 17.8 Å². The Balaban J connectivity index is 1.82. The molecule has 1 aromatic rings. The van der Waals surface area contributed by atoms with Gasteiger partial charge in [0.15, 0.2) is 0 Å². The van der Waals surface area contributed by atoms with Crippen LogP contribution in [0.25, 0.3) is 0 Å². The van der Waals surface area contributed by atoms with Gasteiger partial charge in [-0.3, -0.25) is 0 Å². The summed E-state index contributed by atoms with van der Waals surface area (Å²) in [6.45, 7) is 5.34. The molecule has 0 radical (unpaired) electrons. The molecule has 0 amide bonds. The van der Waals surface area contributed by atoms with Crippen molar-refractivity contribution in [2.24, 2.45) is 0 Å². The highest BCUT2D eigenvalue weighted by atomic mass is 16.5. The quantitative estimate of drug-likeness (QED) is 0.871. The Hall–Kier alpha value is -1.63. The van der Waals surface area contributed by atoms with Crippen molar-refractivity contribution in [1.82, 2.24) is 15.0 Å². The molecule has 0 unspecified atom stereocenters. The molecule has 116 valence electrons. The molecule has 7 nitrogen and oxygen atoms in total. The van der Waals surface area contributed by atoms with E-state index in [0.29, 0.717) is 11.9 Å². The van der Waals surface area contributed by atoms with E-state index in [0.717, 1.165) is 32.3 Å². The number of morpholine rings is 1. The van der Waals surface area contributed by atoms with Crippen LogP contribution in [0.5, 0.6) is 0 Å². The van der Waals surface area contributed by atoms with Crippen LogP contribution in [0.15, 0.2) is 0 Å². The van der Waals surface area contributed by atoms with E-state index in [1.807, 2.05) is 7.05 Å². The number of rotatable bonds is 4. The van der Waals surface area contributed by atoms with Gasteiger partial charge >= 0.3 is 0 Å². The SMILES string of the molecule is CNc1nc(NC2(C)CCCC2)nc(N2CCOCC2)n1. The molecule has 21 heavy (non-hydrogen) atoms. The summed E-state index contributed by atoms with van der Waals surface area (Å²) in [6, 6.07) is 0. The second-order valence-corrected chi connectivity index (χ2v) is 6.02. The molecule has 2 aliphatic rings. The van der Waals surface area contributed by atoms with Crippen molar-refractivity contribution in [1.29, 1.82) is 0 Å². The summed E-state index contributed by atoms with van der Waals surface area (Å²) < 4.78 is 5.39. The van der Waals surface area contributed by atoms with Crippen LogP contribution in [0.1, 0.15) is 32.6 Å². The lowest BCUT2D eigenvalue weighted by Gasteiger charge is -2.29. The fourth-order valence-electron chi connectivity index (χ4n) is 2.99. The third kappa shape index (κ3) is 3.34. The van der Waals surface area contributed by atoms with Crippen LogP contribution in [0.4, 0.5) is 17.8 Å². The second kappa shape index (κ2) is 6.01. The first kappa shape index (κ1) is 14.3. The maximum atomic E-state index is 5.39. The molecule has 1 aliphatic heterocycles. The number of nitrogens with one attached hydrogen (secondary N) is 2. The van der Waals surface area contributed by atoms with Crippen LogP contribution < -0.4 is 15.5 Å². The van der Waals surface area contributed by atoms with Crippen molar-refractivity contribution in [3.05, 3.63) is 0 Å². The Morgan fingerprint density at radius 2 is 1.71 bits per heavy atom. The fraction of sp³-hybridized carbons (Fsp3) is 0.786. The third-order valence-corrected chi connectivity index (χ3v) is 4.26. The van der Waals surface area contributed by atoms with Crippen molar-refractivity contribution < 1.29 is 4.74 Å². The lowest BCUT2D eigenvalue weighted by Crippen LogP contribution is -2.38. The smallest absolute Gasteiger partial charge is 0.232 e. The summed E-state index contributed by atoms with van der Waals surface area (Å²) in [6.07, 6.45) is 4.87. The van der Waals surface area contributed by atoms with E-state index in [-0.39, 0.29) is 5.54 Å². The van der Waals surface area contributed by atoms with E-state index in [9.17, 15) is 0 Å². The Morgan fingerprint density at radius 3 is 2.38 bits per heavy atom. The molecule has 1 aromatic heterocycles. The standard InChI is InChI=1S/C14H24N6O/c1-14(5-3-4-6-14)19-12-16-11(15-2)17-13(18-12)20-7-9-21-10-8-20/h3-10H2,1-2H3,(H2,15,16,17,18,19). The predicted molar refractivity (Wildman–Crippen MR) is 82.9 cm³/mol. The molecule has 1 saturated heterocycles. The van der Waals surface area contributed by atoms with Gasteiger partial charge in [0.25, 0.3) is 0 Å². The molecule has 0 aromatic carbocycles. The largest absolute Gasteiger partial charge is 0.378 e. The average molecular weight is 292 g/mol. The van der Waals surface area contributed by atoms with Gasteiger partial charge in [-0.25, -0.2) is 0 Å². The molecule has 0 bridgehead atoms. The molecule has 3 rings (SSSR count). The summed E-state index contributed by atoms with van der Waals surface area (Å²) in [5.41, 5.74) is 0.106. The van der Waals surface area contributed by atoms with Gasteiger partial charge in [0.1, 0.15) is 0 Å². The number of aromatic nitrogens is 3. The van der Waals surface area contributed by atoms with Crippen LogP contribution in [0.3, 0.4) is 0 Å². The Bertz CT molecular complexity index is 482. The van der Waals surface area contributed by atoms with Crippen molar-refractivity contribution in [3.63, 3.8) is 0 Å². The zero-order valence-corrected chi connectivity index (χ0v) is 12.9. The Labute approximate surface area is 125 Å². The second-order valence-electron chi connectivity index (χ2n) is 6.02. The number of nitrogens with zero attached hydrogens (tertiary/aromatic N) is 4. The summed E-state index contributed by atoms with van der Waals surface area (Å²) >= 11 is 0. The number of anilines is 3. The number of ether oxygens (including phenoxy) is 1. The molecule has 2 N–H and O–H groups in total. The summed E-state index contributed by atoms with van der Waals surface area (Å²) in [7, 11) is 1.83. The van der Waals surface area contributed by atoms with E-state index in [4.69, 9.17) is 4.74 Å². The van der Waals surface area contributed by atoms with Gasteiger partial charge in [-0.2, -0.15) is 15.0 Å². The normalized spacial score (nSPS) is 21.3. The first-order valence-corrected chi connectivity index (χ1v) is 7.73. The third-order valence-electron chi connectivity index (χ3n) is 4.26. The molecule has 1 aliphatic carbocycles. The zero-order chi connectivity index (χ0) is 14.7. The monoisotopic (exact) mass is 292 g/mol.